The Bertz CT molecular complexity index is 1730. The number of aliphatic hydroxyl groups excluding tert-OH is 2. The lowest BCUT2D eigenvalue weighted by Crippen LogP contribution is -2.61. The van der Waals surface area contributed by atoms with Gasteiger partial charge in [-0.1, -0.05) is 71.1 Å². The van der Waals surface area contributed by atoms with E-state index in [1.54, 1.807) is 48.2 Å². The molecule has 14 heteroatoms. The van der Waals surface area contributed by atoms with Gasteiger partial charge in [0.25, 0.3) is 11.7 Å². The Hall–Kier alpha value is -3.08. The maximum Gasteiger partial charge on any atom is 0.329 e. The minimum absolute atomic E-state index is 0.0816. The van der Waals surface area contributed by atoms with Crippen LogP contribution in [-0.4, -0.2) is 139 Å². The molecule has 3 N–H and O–H groups in total. The van der Waals surface area contributed by atoms with Crippen molar-refractivity contribution in [2.75, 3.05) is 41.1 Å². The van der Waals surface area contributed by atoms with Crippen molar-refractivity contribution in [3.63, 3.8) is 0 Å². The van der Waals surface area contributed by atoms with E-state index >= 15 is 0 Å². The van der Waals surface area contributed by atoms with Crippen molar-refractivity contribution in [3.8, 4) is 0 Å². The number of nitrogens with zero attached hydrogens (tertiary/aromatic N) is 1. The van der Waals surface area contributed by atoms with E-state index in [9.17, 15) is 34.5 Å². The molecule has 0 radical (unpaired) electrons. The van der Waals surface area contributed by atoms with Gasteiger partial charge in [0.2, 0.25) is 5.79 Å². The zero-order valence-corrected chi connectivity index (χ0v) is 42.2. The number of carbonyl (C=O) groups is 4. The smallest absolute Gasteiger partial charge is 0.329 e. The topological polar surface area (TPSA) is 188 Å². The first-order valence-electron chi connectivity index (χ1n) is 25.0. The third-order valence-electron chi connectivity index (χ3n) is 14.9. The number of piperidine rings is 1. The summed E-state index contributed by atoms with van der Waals surface area (Å²) in [5, 5.41) is 32.8. The number of rotatable bonds is 9. The Morgan fingerprint density at radius 3 is 2.25 bits per heavy atom. The molecule has 2 saturated heterocycles. The highest BCUT2D eigenvalue weighted by Crippen LogP contribution is 2.38. The summed E-state index contributed by atoms with van der Waals surface area (Å²) in [5.41, 5.74) is 1.53. The monoisotopic (exact) mass is 944 g/mol. The van der Waals surface area contributed by atoms with Crippen molar-refractivity contribution in [1.82, 2.24) is 4.90 Å². The summed E-state index contributed by atoms with van der Waals surface area (Å²) in [7, 11) is 4.84. The lowest BCUT2D eigenvalue weighted by atomic mass is 9.78. The number of amides is 1. The second-order valence-corrected chi connectivity index (χ2v) is 20.3. The normalized spacial score (nSPS) is 39.5. The van der Waals surface area contributed by atoms with Crippen LogP contribution >= 0.6 is 0 Å². The van der Waals surface area contributed by atoms with Gasteiger partial charge in [-0.2, -0.15) is 0 Å². The fourth-order valence-electron chi connectivity index (χ4n) is 10.7. The second kappa shape index (κ2) is 27.3. The number of hydrogen-bond acceptors (Lipinski definition) is 13. The molecule has 3 fully saturated rings. The molecule has 67 heavy (non-hydrogen) atoms. The molecule has 3 heterocycles. The maximum atomic E-state index is 14.5. The Morgan fingerprint density at radius 2 is 1.57 bits per heavy atom. The lowest BCUT2D eigenvalue weighted by Gasteiger charge is -2.42. The van der Waals surface area contributed by atoms with Crippen LogP contribution in [0, 0.1) is 35.5 Å². The van der Waals surface area contributed by atoms with Crippen molar-refractivity contribution in [1.29, 1.82) is 0 Å². The van der Waals surface area contributed by atoms with Crippen LogP contribution < -0.4 is 0 Å². The summed E-state index contributed by atoms with van der Waals surface area (Å²) in [5.74, 6) is -6.38. The third-order valence-corrected chi connectivity index (χ3v) is 14.9. The fourth-order valence-corrected chi connectivity index (χ4v) is 10.7. The first-order valence-corrected chi connectivity index (χ1v) is 25.0. The number of Topliss-reactive ketones (excluding diaryl/α,β-unsaturated/α-hetero) is 2. The molecule has 3 aliphatic heterocycles. The van der Waals surface area contributed by atoms with Gasteiger partial charge in [0, 0.05) is 52.6 Å². The maximum absolute atomic E-state index is 14.5. The standard InChI is InChI=1S/C53H85NO13/c1-33-16-12-11-13-17-35(3)45(62-8)31-41-21-19-39(7)53(61,67-41)50(58)51(59)54-23-15-14-18-42(54)52(60)66-46(37(5)29-40-20-22-44(65-25-24-55)47(30-40)63-9)32-43(56)36(4)28-38(6)49(57)48(64-10)27-34(2)26-33/h11-13,16-17,28,33-34,36-37,39-42,44-49,55,57,61H,14-15,18-27,29-32H2,1-10H3/b13-11+,16-12-,35-17+,38-28+/t33-,34-,36-,37-,39-,40+,41+,42+,44-,45+,46+,47-,48+,49-,53-/m1/s1. The number of aliphatic hydroxyl groups is 3. The molecular formula is C53H85NO13. The number of esters is 1. The predicted octanol–water partition coefficient (Wildman–Crippen LogP) is 7.02. The molecule has 1 aliphatic carbocycles. The molecule has 14 nitrogen and oxygen atoms in total. The average Bonchev–Trinajstić information content (AvgIpc) is 3.31. The zero-order valence-electron chi connectivity index (χ0n) is 42.2. The molecule has 4 aliphatic rings. The van der Waals surface area contributed by atoms with Gasteiger partial charge >= 0.3 is 5.97 Å². The number of fused-ring (bicyclic) bond motifs is 3. The quantitative estimate of drug-likeness (QED) is 0.122. The number of cyclic esters (lactones) is 1. The number of carbonyl (C=O) groups excluding carboxylic acids is 4. The molecule has 15 atom stereocenters. The summed E-state index contributed by atoms with van der Waals surface area (Å²) in [6, 6.07) is -1.11. The lowest BCUT2D eigenvalue weighted by molar-refractivity contribution is -0.265. The van der Waals surface area contributed by atoms with E-state index in [1.165, 1.54) is 4.90 Å². The van der Waals surface area contributed by atoms with Gasteiger partial charge in [-0.15, -0.1) is 0 Å². The van der Waals surface area contributed by atoms with Crippen LogP contribution in [0.1, 0.15) is 132 Å². The summed E-state index contributed by atoms with van der Waals surface area (Å²) >= 11 is 0. The van der Waals surface area contributed by atoms with Gasteiger partial charge in [0.15, 0.2) is 0 Å². The Labute approximate surface area is 400 Å². The molecule has 0 aromatic rings. The molecule has 0 spiro atoms. The minimum atomic E-state index is -2.41. The van der Waals surface area contributed by atoms with Crippen LogP contribution in [0.4, 0.5) is 0 Å². The fraction of sp³-hybridized carbons (Fsp3) is 0.774. The Morgan fingerprint density at radius 1 is 0.836 bits per heavy atom. The highest BCUT2D eigenvalue weighted by atomic mass is 16.6. The molecule has 0 unspecified atom stereocenters. The van der Waals surface area contributed by atoms with E-state index in [2.05, 4.69) is 19.9 Å². The summed E-state index contributed by atoms with van der Waals surface area (Å²) in [6.45, 7) is 13.7. The van der Waals surface area contributed by atoms with Crippen molar-refractivity contribution in [2.45, 2.75) is 186 Å². The average molecular weight is 944 g/mol. The third kappa shape index (κ3) is 16.0. The molecule has 1 amide bonds. The Balaban J connectivity index is 1.68. The largest absolute Gasteiger partial charge is 0.460 e. The summed E-state index contributed by atoms with van der Waals surface area (Å²) in [6.07, 6.45) is 15.1. The van der Waals surface area contributed by atoms with Crippen LogP contribution in [0.3, 0.4) is 0 Å². The van der Waals surface area contributed by atoms with Gasteiger partial charge in [0.05, 0.1) is 43.7 Å². The molecular weight excluding hydrogens is 859 g/mol. The second-order valence-electron chi connectivity index (χ2n) is 20.3. The molecule has 380 valence electrons. The highest BCUT2D eigenvalue weighted by molar-refractivity contribution is 6.39. The van der Waals surface area contributed by atoms with Crippen LogP contribution in [0.25, 0.3) is 0 Å². The number of methoxy groups -OCH3 is 3. The number of ketones is 2. The zero-order chi connectivity index (χ0) is 49.4. The van der Waals surface area contributed by atoms with Gasteiger partial charge in [-0.05, 0) is 119 Å². The number of ether oxygens (including phenoxy) is 6. The van der Waals surface area contributed by atoms with Gasteiger partial charge in [-0.25, -0.2) is 4.79 Å². The number of allylic oxidation sites excluding steroid dienone is 6. The molecule has 0 aromatic heterocycles. The number of hydrogen-bond donors (Lipinski definition) is 3. The van der Waals surface area contributed by atoms with E-state index in [0.717, 1.165) is 24.8 Å². The van der Waals surface area contributed by atoms with E-state index in [1.807, 2.05) is 38.2 Å². The van der Waals surface area contributed by atoms with Crippen LogP contribution in [0.2, 0.25) is 0 Å². The van der Waals surface area contributed by atoms with E-state index < -0.39 is 65.7 Å². The molecule has 4 rings (SSSR count). The van der Waals surface area contributed by atoms with Crippen LogP contribution in [0.15, 0.2) is 47.6 Å². The van der Waals surface area contributed by atoms with Gasteiger partial charge in [-0.3, -0.25) is 14.4 Å². The van der Waals surface area contributed by atoms with Crippen molar-refractivity contribution in [3.05, 3.63) is 47.6 Å². The molecule has 0 aromatic carbocycles. The van der Waals surface area contributed by atoms with E-state index in [-0.39, 0.29) is 80.4 Å². The van der Waals surface area contributed by atoms with Gasteiger partial charge in [0.1, 0.15) is 24.0 Å². The minimum Gasteiger partial charge on any atom is -0.460 e. The van der Waals surface area contributed by atoms with E-state index in [0.29, 0.717) is 56.9 Å². The van der Waals surface area contributed by atoms with Crippen molar-refractivity contribution in [2.24, 2.45) is 35.5 Å². The van der Waals surface area contributed by atoms with Crippen molar-refractivity contribution >= 4 is 23.4 Å². The molecule has 1 saturated carbocycles. The first kappa shape index (κ1) is 56.5. The Kier molecular flexibility index (Phi) is 23.1. The molecule has 2 bridgehead atoms. The van der Waals surface area contributed by atoms with Crippen molar-refractivity contribution < 1.29 is 62.9 Å². The highest BCUT2D eigenvalue weighted by Gasteiger charge is 2.53. The SMILES string of the molecule is CO[C@H]1C[C@@H]2CC[C@@H](C)[C@@](O)(O2)C(=O)C(=O)N2CCCC[C@H]2C(=O)O[C@H]([C@H](C)C[C@@H]2CC[C@@H](OCCO)[C@H](OC)C2)CC(=O)[C@H](C)/C=C(\C)[C@@H](O)[C@@H](OC)C[C@H](C)C[C@H](C)\C=C/C=C/C=C/1C. The van der Waals surface area contributed by atoms with Crippen LogP contribution in [-0.2, 0) is 47.6 Å². The van der Waals surface area contributed by atoms with Crippen LogP contribution in [0.5, 0.6) is 0 Å². The van der Waals surface area contributed by atoms with E-state index in [4.69, 9.17) is 28.4 Å². The van der Waals surface area contributed by atoms with Gasteiger partial charge < -0.3 is 48.6 Å². The predicted molar refractivity (Wildman–Crippen MR) is 256 cm³/mol. The summed E-state index contributed by atoms with van der Waals surface area (Å²) < 4.78 is 35.9. The summed E-state index contributed by atoms with van der Waals surface area (Å²) in [4.78, 5) is 58.4. The first-order chi connectivity index (χ1) is 31.9.